The number of nitro groups is 1. The van der Waals surface area contributed by atoms with E-state index in [4.69, 9.17) is 5.11 Å². The molecule has 5 heteroatoms. The van der Waals surface area contributed by atoms with Gasteiger partial charge < -0.3 is 5.11 Å². The van der Waals surface area contributed by atoms with Gasteiger partial charge in [0.1, 0.15) is 6.61 Å². The van der Waals surface area contributed by atoms with Gasteiger partial charge in [-0.1, -0.05) is 0 Å². The molecular formula is C7H11NO4. The number of carbonyl (C=O) groups is 1. The molecule has 1 saturated carbocycles. The minimum Gasteiger partial charge on any atom is -0.388 e. The second kappa shape index (κ2) is 3.18. The second-order valence-corrected chi connectivity index (χ2v) is 3.08. The molecule has 1 aliphatic carbocycles. The molecule has 0 radical (unpaired) electrons. The molecule has 0 heterocycles. The summed E-state index contributed by atoms with van der Waals surface area (Å²) in [6.45, 7) is -0.668. The van der Waals surface area contributed by atoms with E-state index in [0.29, 0.717) is 12.8 Å². The highest BCUT2D eigenvalue weighted by Gasteiger charge is 2.50. The molecule has 68 valence electrons. The van der Waals surface area contributed by atoms with E-state index in [1.807, 2.05) is 0 Å². The van der Waals surface area contributed by atoms with E-state index in [-0.39, 0.29) is 12.8 Å². The van der Waals surface area contributed by atoms with Gasteiger partial charge in [-0.15, -0.1) is 0 Å². The minimum absolute atomic E-state index is 0.176. The van der Waals surface area contributed by atoms with Crippen LogP contribution in [0.3, 0.4) is 0 Å². The van der Waals surface area contributed by atoms with E-state index in [1.54, 1.807) is 0 Å². The summed E-state index contributed by atoms with van der Waals surface area (Å²) in [6.07, 6.45) is 1.75. The standard InChI is InChI=1S/C7H11NO4/c9-5-7(8(11)12)4-2-1-3-6(7)10/h9H,1-5H2. The summed E-state index contributed by atoms with van der Waals surface area (Å²) in [5.74, 6) is -0.429. The molecule has 1 atom stereocenters. The van der Waals surface area contributed by atoms with Crippen molar-refractivity contribution >= 4 is 5.78 Å². The zero-order chi connectivity index (χ0) is 9.19. The molecular weight excluding hydrogens is 162 g/mol. The number of aliphatic hydroxyl groups excluding tert-OH is 1. The van der Waals surface area contributed by atoms with Crippen LogP contribution in [0.25, 0.3) is 0 Å². The Hall–Kier alpha value is -0.970. The second-order valence-electron chi connectivity index (χ2n) is 3.08. The zero-order valence-corrected chi connectivity index (χ0v) is 6.65. The first-order valence-electron chi connectivity index (χ1n) is 3.92. The number of carbonyl (C=O) groups excluding carboxylic acids is 1. The lowest BCUT2D eigenvalue weighted by atomic mass is 9.82. The fourth-order valence-corrected chi connectivity index (χ4v) is 1.49. The molecule has 1 rings (SSSR count). The fraction of sp³-hybridized carbons (Fsp3) is 0.857. The number of hydrogen-bond donors (Lipinski definition) is 1. The molecule has 1 fully saturated rings. The van der Waals surface area contributed by atoms with Gasteiger partial charge >= 0.3 is 5.54 Å². The van der Waals surface area contributed by atoms with Crippen LogP contribution in [0.15, 0.2) is 0 Å². The van der Waals surface area contributed by atoms with Crippen LogP contribution in [-0.2, 0) is 4.79 Å². The summed E-state index contributed by atoms with van der Waals surface area (Å²) in [6, 6.07) is 0. The Balaban J connectivity index is 2.88. The molecule has 12 heavy (non-hydrogen) atoms. The van der Waals surface area contributed by atoms with Gasteiger partial charge in [-0.3, -0.25) is 14.9 Å². The molecule has 0 aromatic carbocycles. The summed E-state index contributed by atoms with van der Waals surface area (Å²) >= 11 is 0. The predicted molar refractivity (Wildman–Crippen MR) is 40.3 cm³/mol. The summed E-state index contributed by atoms with van der Waals surface area (Å²) in [7, 11) is 0. The van der Waals surface area contributed by atoms with Crippen molar-refractivity contribution in [3.8, 4) is 0 Å². The van der Waals surface area contributed by atoms with Gasteiger partial charge in [0, 0.05) is 17.8 Å². The highest BCUT2D eigenvalue weighted by atomic mass is 16.6. The van der Waals surface area contributed by atoms with E-state index >= 15 is 0 Å². The lowest BCUT2D eigenvalue weighted by Crippen LogP contribution is -2.51. The van der Waals surface area contributed by atoms with Gasteiger partial charge in [-0.05, 0) is 12.8 Å². The van der Waals surface area contributed by atoms with Gasteiger partial charge in [-0.2, -0.15) is 0 Å². The number of Topliss-reactive ketones (excluding diaryl/α,β-unsaturated/α-hetero) is 1. The first-order valence-corrected chi connectivity index (χ1v) is 3.92. The van der Waals surface area contributed by atoms with Crippen LogP contribution < -0.4 is 0 Å². The number of aliphatic hydroxyl groups is 1. The highest BCUT2D eigenvalue weighted by Crippen LogP contribution is 2.27. The van der Waals surface area contributed by atoms with Gasteiger partial charge in [0.25, 0.3) is 0 Å². The maximum absolute atomic E-state index is 11.2. The molecule has 0 aliphatic heterocycles. The zero-order valence-electron chi connectivity index (χ0n) is 6.65. The normalized spacial score (nSPS) is 30.2. The van der Waals surface area contributed by atoms with Crippen LogP contribution >= 0.6 is 0 Å². The maximum atomic E-state index is 11.2. The van der Waals surface area contributed by atoms with Gasteiger partial charge in [0.2, 0.25) is 5.78 Å². The Labute approximate surface area is 69.5 Å². The maximum Gasteiger partial charge on any atom is 0.301 e. The highest BCUT2D eigenvalue weighted by molar-refractivity contribution is 5.87. The monoisotopic (exact) mass is 173 g/mol. The summed E-state index contributed by atoms with van der Waals surface area (Å²) in [5.41, 5.74) is -1.68. The third kappa shape index (κ3) is 1.20. The van der Waals surface area contributed by atoms with E-state index < -0.39 is 22.9 Å². The summed E-state index contributed by atoms with van der Waals surface area (Å²) < 4.78 is 0. The third-order valence-electron chi connectivity index (χ3n) is 2.37. The van der Waals surface area contributed by atoms with Crippen molar-refractivity contribution in [2.24, 2.45) is 0 Å². The molecule has 0 aromatic heterocycles. The number of ketones is 1. The summed E-state index contributed by atoms with van der Waals surface area (Å²) in [4.78, 5) is 21.1. The Bertz CT molecular complexity index is 215. The smallest absolute Gasteiger partial charge is 0.301 e. The lowest BCUT2D eigenvalue weighted by molar-refractivity contribution is -0.558. The third-order valence-corrected chi connectivity index (χ3v) is 2.37. The van der Waals surface area contributed by atoms with E-state index in [2.05, 4.69) is 0 Å². The number of nitrogens with zero attached hydrogens (tertiary/aromatic N) is 1. The van der Waals surface area contributed by atoms with Crippen molar-refractivity contribution in [1.82, 2.24) is 0 Å². The van der Waals surface area contributed by atoms with Gasteiger partial charge in [-0.25, -0.2) is 0 Å². The van der Waals surface area contributed by atoms with Crippen molar-refractivity contribution in [2.45, 2.75) is 31.2 Å². The van der Waals surface area contributed by atoms with Crippen molar-refractivity contribution in [1.29, 1.82) is 0 Å². The van der Waals surface area contributed by atoms with E-state index in [9.17, 15) is 14.9 Å². The quantitative estimate of drug-likeness (QED) is 0.475. The Morgan fingerprint density at radius 3 is 2.58 bits per heavy atom. The molecule has 0 aromatic rings. The van der Waals surface area contributed by atoms with Crippen LogP contribution in [0.2, 0.25) is 0 Å². The van der Waals surface area contributed by atoms with Crippen molar-refractivity contribution < 1.29 is 14.8 Å². The Morgan fingerprint density at radius 2 is 2.25 bits per heavy atom. The van der Waals surface area contributed by atoms with E-state index in [1.165, 1.54) is 0 Å². The van der Waals surface area contributed by atoms with Crippen LogP contribution in [0.5, 0.6) is 0 Å². The van der Waals surface area contributed by atoms with Gasteiger partial charge in [0.15, 0.2) is 0 Å². The van der Waals surface area contributed by atoms with Crippen molar-refractivity contribution in [3.63, 3.8) is 0 Å². The average Bonchev–Trinajstić information content (AvgIpc) is 2.05. The largest absolute Gasteiger partial charge is 0.388 e. The van der Waals surface area contributed by atoms with E-state index in [0.717, 1.165) is 0 Å². The Morgan fingerprint density at radius 1 is 1.58 bits per heavy atom. The van der Waals surface area contributed by atoms with Gasteiger partial charge in [0.05, 0.1) is 0 Å². The Kier molecular flexibility index (Phi) is 2.42. The minimum atomic E-state index is -1.68. The first kappa shape index (κ1) is 9.12. The fourth-order valence-electron chi connectivity index (χ4n) is 1.49. The number of rotatable bonds is 2. The number of hydrogen-bond acceptors (Lipinski definition) is 4. The van der Waals surface area contributed by atoms with Crippen molar-refractivity contribution in [3.05, 3.63) is 10.1 Å². The predicted octanol–water partition coefficient (Wildman–Crippen LogP) is 0.137. The SMILES string of the molecule is O=C1CCCCC1(CO)[N+](=O)[O-]. The molecule has 1 aliphatic rings. The van der Waals surface area contributed by atoms with Crippen LogP contribution in [0.1, 0.15) is 25.7 Å². The van der Waals surface area contributed by atoms with Crippen LogP contribution in [-0.4, -0.2) is 28.0 Å². The molecule has 1 unspecified atom stereocenters. The molecule has 0 amide bonds. The lowest BCUT2D eigenvalue weighted by Gasteiger charge is -2.25. The van der Waals surface area contributed by atoms with Crippen LogP contribution in [0.4, 0.5) is 0 Å². The molecule has 0 spiro atoms. The molecule has 1 N–H and O–H groups in total. The summed E-state index contributed by atoms with van der Waals surface area (Å²) in [5, 5.41) is 19.4. The molecule has 5 nitrogen and oxygen atoms in total. The molecule has 0 saturated heterocycles. The van der Waals surface area contributed by atoms with Crippen LogP contribution in [0, 0.1) is 10.1 Å². The average molecular weight is 173 g/mol. The first-order chi connectivity index (χ1) is 5.63. The topological polar surface area (TPSA) is 80.4 Å². The van der Waals surface area contributed by atoms with Crippen molar-refractivity contribution in [2.75, 3.05) is 6.61 Å². The molecule has 0 bridgehead atoms.